The number of anilines is 1. The van der Waals surface area contributed by atoms with Crippen molar-refractivity contribution >= 4 is 5.69 Å². The summed E-state index contributed by atoms with van der Waals surface area (Å²) in [5, 5.41) is 0. The maximum Gasteiger partial charge on any atom is 0.139 e. The first-order valence-corrected chi connectivity index (χ1v) is 6.44. The third kappa shape index (κ3) is 3.35. The van der Waals surface area contributed by atoms with Crippen LogP contribution >= 0.6 is 0 Å². The molecule has 0 saturated carbocycles. The summed E-state index contributed by atoms with van der Waals surface area (Å²) in [6.45, 7) is 5.06. The van der Waals surface area contributed by atoms with Crippen LogP contribution in [0.25, 0.3) is 11.4 Å². The van der Waals surface area contributed by atoms with Gasteiger partial charge in [-0.25, -0.2) is 4.98 Å². The van der Waals surface area contributed by atoms with Crippen LogP contribution in [0, 0.1) is 0 Å². The fourth-order valence-corrected chi connectivity index (χ4v) is 1.87. The van der Waals surface area contributed by atoms with Crippen LogP contribution in [0.2, 0.25) is 0 Å². The highest BCUT2D eigenvalue weighted by Gasteiger charge is 2.17. The molecule has 1 aromatic carbocycles. The summed E-state index contributed by atoms with van der Waals surface area (Å²) >= 11 is 0. The minimum absolute atomic E-state index is 0.122. The van der Waals surface area contributed by atoms with E-state index in [0.717, 1.165) is 30.0 Å². The first-order chi connectivity index (χ1) is 9.02. The first-order valence-electron chi connectivity index (χ1n) is 6.44. The van der Waals surface area contributed by atoms with Crippen molar-refractivity contribution in [1.29, 1.82) is 0 Å². The standard InChI is InChI=1S/C15H21N3O/c1-15(2,19-3)8-10-18-11-9-17-14(18)12-4-6-13(16)7-5-12/h4-7,9,11H,8,10,16H2,1-3H3. The zero-order chi connectivity index (χ0) is 13.9. The van der Waals surface area contributed by atoms with Crippen LogP contribution in [-0.2, 0) is 11.3 Å². The lowest BCUT2D eigenvalue weighted by molar-refractivity contribution is 0.0121. The summed E-state index contributed by atoms with van der Waals surface area (Å²) in [5.41, 5.74) is 7.43. The molecule has 2 N–H and O–H groups in total. The number of hydrogen-bond donors (Lipinski definition) is 1. The van der Waals surface area contributed by atoms with Gasteiger partial charge in [0.15, 0.2) is 0 Å². The fraction of sp³-hybridized carbons (Fsp3) is 0.400. The van der Waals surface area contributed by atoms with Crippen LogP contribution in [0.3, 0.4) is 0 Å². The Labute approximate surface area is 114 Å². The molecule has 1 heterocycles. The van der Waals surface area contributed by atoms with Crippen LogP contribution in [0.4, 0.5) is 5.69 Å². The molecule has 2 aromatic rings. The average Bonchev–Trinajstić information content (AvgIpc) is 2.86. The molecule has 1 aromatic heterocycles. The number of aromatic nitrogens is 2. The van der Waals surface area contributed by atoms with Gasteiger partial charge in [-0.2, -0.15) is 0 Å². The second-order valence-corrected chi connectivity index (χ2v) is 5.28. The number of methoxy groups -OCH3 is 1. The second kappa shape index (κ2) is 5.45. The van der Waals surface area contributed by atoms with Gasteiger partial charge < -0.3 is 15.0 Å². The number of rotatable bonds is 5. The lowest BCUT2D eigenvalue weighted by Gasteiger charge is -2.23. The third-order valence-electron chi connectivity index (χ3n) is 3.39. The van der Waals surface area contributed by atoms with Gasteiger partial charge in [0.05, 0.1) is 5.60 Å². The van der Waals surface area contributed by atoms with E-state index in [0.29, 0.717) is 0 Å². The minimum Gasteiger partial charge on any atom is -0.399 e. The molecule has 0 fully saturated rings. The highest BCUT2D eigenvalue weighted by Crippen LogP contribution is 2.21. The number of hydrogen-bond acceptors (Lipinski definition) is 3. The Morgan fingerprint density at radius 2 is 1.95 bits per heavy atom. The van der Waals surface area contributed by atoms with Gasteiger partial charge in [0.2, 0.25) is 0 Å². The molecule has 19 heavy (non-hydrogen) atoms. The van der Waals surface area contributed by atoms with Crippen molar-refractivity contribution in [2.75, 3.05) is 12.8 Å². The van der Waals surface area contributed by atoms with Crippen molar-refractivity contribution in [2.24, 2.45) is 0 Å². The number of nitrogens with zero attached hydrogens (tertiary/aromatic N) is 2. The van der Waals surface area contributed by atoms with Gasteiger partial charge in [-0.1, -0.05) is 0 Å². The molecule has 4 nitrogen and oxygen atoms in total. The van der Waals surface area contributed by atoms with Crippen molar-refractivity contribution in [1.82, 2.24) is 9.55 Å². The van der Waals surface area contributed by atoms with E-state index < -0.39 is 0 Å². The van der Waals surface area contributed by atoms with Crippen molar-refractivity contribution < 1.29 is 4.74 Å². The monoisotopic (exact) mass is 259 g/mol. The number of nitrogens with two attached hydrogens (primary N) is 1. The Balaban J connectivity index is 2.16. The van der Waals surface area contributed by atoms with Gasteiger partial charge in [-0.3, -0.25) is 0 Å². The van der Waals surface area contributed by atoms with Crippen molar-refractivity contribution in [2.45, 2.75) is 32.4 Å². The van der Waals surface area contributed by atoms with E-state index in [-0.39, 0.29) is 5.60 Å². The topological polar surface area (TPSA) is 53.1 Å². The lowest BCUT2D eigenvalue weighted by Crippen LogP contribution is -2.24. The van der Waals surface area contributed by atoms with Gasteiger partial charge in [0.1, 0.15) is 5.82 Å². The van der Waals surface area contributed by atoms with Crippen molar-refractivity contribution in [3.63, 3.8) is 0 Å². The summed E-state index contributed by atoms with van der Waals surface area (Å²) in [4.78, 5) is 4.42. The quantitative estimate of drug-likeness (QED) is 0.840. The van der Waals surface area contributed by atoms with E-state index in [1.807, 2.05) is 36.7 Å². The van der Waals surface area contributed by atoms with E-state index >= 15 is 0 Å². The molecule has 0 amide bonds. The van der Waals surface area contributed by atoms with Crippen LogP contribution in [0.1, 0.15) is 20.3 Å². The van der Waals surface area contributed by atoms with Crippen LogP contribution in [-0.4, -0.2) is 22.3 Å². The summed E-state index contributed by atoms with van der Waals surface area (Å²) in [5.74, 6) is 0.965. The molecule has 0 saturated heterocycles. The molecule has 0 atom stereocenters. The van der Waals surface area contributed by atoms with Crippen molar-refractivity contribution in [3.8, 4) is 11.4 Å². The molecular weight excluding hydrogens is 238 g/mol. The molecule has 0 spiro atoms. The van der Waals surface area contributed by atoms with Gasteiger partial charge >= 0.3 is 0 Å². The Kier molecular flexibility index (Phi) is 3.90. The van der Waals surface area contributed by atoms with E-state index in [4.69, 9.17) is 10.5 Å². The normalized spacial score (nSPS) is 11.7. The largest absolute Gasteiger partial charge is 0.399 e. The Hall–Kier alpha value is -1.81. The second-order valence-electron chi connectivity index (χ2n) is 5.28. The van der Waals surface area contributed by atoms with Gasteiger partial charge in [0, 0.05) is 37.3 Å². The average molecular weight is 259 g/mol. The Morgan fingerprint density at radius 1 is 1.26 bits per heavy atom. The number of imidazole rings is 1. The molecule has 0 bridgehead atoms. The van der Waals surface area contributed by atoms with Gasteiger partial charge in [-0.15, -0.1) is 0 Å². The molecule has 0 aliphatic carbocycles. The van der Waals surface area contributed by atoms with Crippen molar-refractivity contribution in [3.05, 3.63) is 36.7 Å². The lowest BCUT2D eigenvalue weighted by atomic mass is 10.1. The van der Waals surface area contributed by atoms with E-state index in [2.05, 4.69) is 23.4 Å². The number of ether oxygens (including phenoxy) is 1. The van der Waals surface area contributed by atoms with E-state index in [1.54, 1.807) is 7.11 Å². The third-order valence-corrected chi connectivity index (χ3v) is 3.39. The predicted molar refractivity (Wildman–Crippen MR) is 77.8 cm³/mol. The Morgan fingerprint density at radius 3 is 2.58 bits per heavy atom. The summed E-state index contributed by atoms with van der Waals surface area (Å²) in [6.07, 6.45) is 4.75. The molecular formula is C15H21N3O. The SMILES string of the molecule is COC(C)(C)CCn1ccnc1-c1ccc(N)cc1. The maximum absolute atomic E-state index is 5.71. The molecule has 4 heteroatoms. The first kappa shape index (κ1) is 13.6. The zero-order valence-electron chi connectivity index (χ0n) is 11.8. The molecule has 0 radical (unpaired) electrons. The summed E-state index contributed by atoms with van der Waals surface area (Å²) in [7, 11) is 1.74. The zero-order valence-corrected chi connectivity index (χ0v) is 11.8. The van der Waals surface area contributed by atoms with Crippen LogP contribution in [0.15, 0.2) is 36.7 Å². The number of benzene rings is 1. The fourth-order valence-electron chi connectivity index (χ4n) is 1.87. The highest BCUT2D eigenvalue weighted by molar-refractivity contribution is 5.59. The summed E-state index contributed by atoms with van der Waals surface area (Å²) < 4.78 is 7.59. The molecule has 0 aliphatic heterocycles. The van der Waals surface area contributed by atoms with E-state index in [9.17, 15) is 0 Å². The summed E-state index contributed by atoms with van der Waals surface area (Å²) in [6, 6.07) is 7.78. The number of aryl methyl sites for hydroxylation is 1. The van der Waals surface area contributed by atoms with Crippen LogP contribution < -0.4 is 5.73 Å². The predicted octanol–water partition coefficient (Wildman–Crippen LogP) is 2.95. The minimum atomic E-state index is -0.122. The van der Waals surface area contributed by atoms with Crippen LogP contribution in [0.5, 0.6) is 0 Å². The highest BCUT2D eigenvalue weighted by atomic mass is 16.5. The molecule has 0 unspecified atom stereocenters. The maximum atomic E-state index is 5.71. The van der Waals surface area contributed by atoms with E-state index in [1.165, 1.54) is 0 Å². The Bertz CT molecular complexity index is 529. The smallest absolute Gasteiger partial charge is 0.139 e. The molecule has 102 valence electrons. The van der Waals surface area contributed by atoms with Gasteiger partial charge in [0.25, 0.3) is 0 Å². The molecule has 2 rings (SSSR count). The van der Waals surface area contributed by atoms with Gasteiger partial charge in [-0.05, 0) is 44.5 Å². The number of nitrogen functional groups attached to an aromatic ring is 1. The molecule has 0 aliphatic rings.